The lowest BCUT2D eigenvalue weighted by Crippen LogP contribution is -2.27. The summed E-state index contributed by atoms with van der Waals surface area (Å²) in [4.78, 5) is 19.8. The molecular formula is C32H45FN4O. The molecule has 6 heteroatoms. The van der Waals surface area contributed by atoms with Crippen LogP contribution in [-0.2, 0) is 13.0 Å². The molecule has 5 nitrogen and oxygen atoms in total. The van der Waals surface area contributed by atoms with E-state index in [1.165, 1.54) is 17.2 Å². The molecule has 3 rings (SSSR count). The van der Waals surface area contributed by atoms with Crippen LogP contribution < -0.4 is 15.5 Å². The molecule has 0 unspecified atom stereocenters. The van der Waals surface area contributed by atoms with E-state index in [0.717, 1.165) is 74.9 Å². The Morgan fingerprint density at radius 2 is 1.74 bits per heavy atom. The second-order valence-electron chi connectivity index (χ2n) is 9.29. The van der Waals surface area contributed by atoms with Gasteiger partial charge in [0.25, 0.3) is 5.91 Å². The van der Waals surface area contributed by atoms with Crippen molar-refractivity contribution in [2.75, 3.05) is 31.1 Å². The summed E-state index contributed by atoms with van der Waals surface area (Å²) in [7, 11) is 0. The first-order valence-electron chi connectivity index (χ1n) is 14.0. The van der Waals surface area contributed by atoms with Crippen LogP contribution in [0.3, 0.4) is 0 Å². The number of benzene rings is 2. The fraction of sp³-hybridized carbons (Fsp3) is 0.438. The third-order valence-electron chi connectivity index (χ3n) is 6.16. The molecule has 2 N–H and O–H groups in total. The Labute approximate surface area is 228 Å². The van der Waals surface area contributed by atoms with Gasteiger partial charge in [-0.2, -0.15) is 0 Å². The van der Waals surface area contributed by atoms with E-state index in [0.29, 0.717) is 18.4 Å². The quantitative estimate of drug-likeness (QED) is 0.221. The van der Waals surface area contributed by atoms with Crippen LogP contribution >= 0.6 is 0 Å². The van der Waals surface area contributed by atoms with E-state index >= 15 is 0 Å². The number of fused-ring (bicyclic) bond motifs is 1. The van der Waals surface area contributed by atoms with Crippen molar-refractivity contribution in [3.05, 3.63) is 83.8 Å². The molecule has 0 saturated carbocycles. The van der Waals surface area contributed by atoms with Gasteiger partial charge in [0.15, 0.2) is 0 Å². The van der Waals surface area contributed by atoms with Gasteiger partial charge in [-0.05, 0) is 73.4 Å². The van der Waals surface area contributed by atoms with E-state index in [1.807, 2.05) is 37.4 Å². The van der Waals surface area contributed by atoms with Crippen molar-refractivity contribution in [2.24, 2.45) is 0 Å². The lowest BCUT2D eigenvalue weighted by Gasteiger charge is -2.24. The van der Waals surface area contributed by atoms with Gasteiger partial charge < -0.3 is 15.5 Å². The van der Waals surface area contributed by atoms with Crippen molar-refractivity contribution in [1.82, 2.24) is 15.6 Å². The van der Waals surface area contributed by atoms with Crippen molar-refractivity contribution in [2.45, 2.75) is 66.3 Å². The van der Waals surface area contributed by atoms with E-state index in [4.69, 9.17) is 0 Å². The lowest BCUT2D eigenvalue weighted by atomic mass is 10.1. The highest BCUT2D eigenvalue weighted by Crippen LogP contribution is 2.26. The number of anilines is 1. The summed E-state index contributed by atoms with van der Waals surface area (Å²) in [6.45, 7) is 12.7. The molecule has 0 aliphatic heterocycles. The smallest absolute Gasteiger partial charge is 0.251 e. The molecule has 0 aliphatic rings. The standard InChI is InChI=1S/C28H38N4O.C4H7F/c1-4-17-32(18-5-2)27-26-20-25(12-11-24(26)13-16-30-27)28(33)31-15-8-14-29-21-23-10-7-9-22(6-3)19-23;1-2-3-4-5/h7,9-13,16,19-20,29H,4-6,8,14-15,17-18,21H2,1-3H3,(H,31,33);3-4H,2H2,1H3/b;4-3+. The molecule has 0 aliphatic carbocycles. The van der Waals surface area contributed by atoms with Crippen LogP contribution in [0.1, 0.15) is 74.9 Å². The first kappa shape index (κ1) is 31.0. The first-order valence-corrected chi connectivity index (χ1v) is 14.0. The van der Waals surface area contributed by atoms with E-state index in [9.17, 15) is 9.18 Å². The number of rotatable bonds is 14. The molecule has 1 amide bonds. The first-order chi connectivity index (χ1) is 18.6. The summed E-state index contributed by atoms with van der Waals surface area (Å²) in [5.41, 5.74) is 3.36. The summed E-state index contributed by atoms with van der Waals surface area (Å²) < 4.78 is 10.8. The van der Waals surface area contributed by atoms with Crippen molar-refractivity contribution in [3.63, 3.8) is 0 Å². The highest BCUT2D eigenvalue weighted by atomic mass is 19.1. The Bertz CT molecular complexity index is 1130. The van der Waals surface area contributed by atoms with E-state index in [2.05, 4.69) is 65.6 Å². The van der Waals surface area contributed by atoms with Crippen LogP contribution in [0, 0.1) is 0 Å². The molecular weight excluding hydrogens is 475 g/mol. The molecule has 0 saturated heterocycles. The van der Waals surface area contributed by atoms with Crippen LogP contribution in [0.4, 0.5) is 10.2 Å². The van der Waals surface area contributed by atoms with Gasteiger partial charge in [-0.3, -0.25) is 4.79 Å². The van der Waals surface area contributed by atoms with Crippen LogP contribution in [0.25, 0.3) is 10.8 Å². The predicted molar refractivity (Wildman–Crippen MR) is 160 cm³/mol. The zero-order chi connectivity index (χ0) is 27.6. The third-order valence-corrected chi connectivity index (χ3v) is 6.16. The fourth-order valence-corrected chi connectivity index (χ4v) is 4.21. The number of carbonyl (C=O) groups excluding carboxylic acids is 1. The number of allylic oxidation sites excluding steroid dienone is 1. The maximum atomic E-state index is 12.8. The number of aromatic nitrogens is 1. The van der Waals surface area contributed by atoms with Crippen LogP contribution in [0.15, 0.2) is 67.1 Å². The molecule has 0 bridgehead atoms. The number of carbonyl (C=O) groups is 1. The molecule has 206 valence electrons. The number of nitrogens with one attached hydrogen (secondary N) is 2. The highest BCUT2D eigenvalue weighted by Gasteiger charge is 2.13. The lowest BCUT2D eigenvalue weighted by molar-refractivity contribution is 0.0953. The number of halogens is 1. The summed E-state index contributed by atoms with van der Waals surface area (Å²) in [6, 6.07) is 16.6. The summed E-state index contributed by atoms with van der Waals surface area (Å²) in [5.74, 6) is 0.946. The Hall–Kier alpha value is -3.25. The largest absolute Gasteiger partial charge is 0.356 e. The minimum atomic E-state index is -0.0279. The molecule has 2 aromatic carbocycles. The highest BCUT2D eigenvalue weighted by molar-refractivity contribution is 6.01. The molecule has 0 radical (unpaired) electrons. The van der Waals surface area contributed by atoms with Gasteiger partial charge in [-0.15, -0.1) is 0 Å². The van der Waals surface area contributed by atoms with Crippen molar-refractivity contribution < 1.29 is 9.18 Å². The molecule has 1 heterocycles. The molecule has 38 heavy (non-hydrogen) atoms. The monoisotopic (exact) mass is 520 g/mol. The minimum Gasteiger partial charge on any atom is -0.356 e. The zero-order valence-corrected chi connectivity index (χ0v) is 23.6. The van der Waals surface area contributed by atoms with Crippen LogP contribution in [0.2, 0.25) is 0 Å². The minimum absolute atomic E-state index is 0.0279. The van der Waals surface area contributed by atoms with E-state index < -0.39 is 0 Å². The molecule has 0 fully saturated rings. The topological polar surface area (TPSA) is 57.3 Å². The van der Waals surface area contributed by atoms with Gasteiger partial charge >= 0.3 is 0 Å². The van der Waals surface area contributed by atoms with Crippen LogP contribution in [-0.4, -0.2) is 37.1 Å². The number of pyridine rings is 1. The zero-order valence-electron chi connectivity index (χ0n) is 23.6. The average molecular weight is 521 g/mol. The Morgan fingerprint density at radius 3 is 2.39 bits per heavy atom. The maximum Gasteiger partial charge on any atom is 0.251 e. The summed E-state index contributed by atoms with van der Waals surface area (Å²) in [5, 5.41) is 8.70. The molecule has 1 aromatic heterocycles. The van der Waals surface area contributed by atoms with Gasteiger partial charge in [0.2, 0.25) is 0 Å². The van der Waals surface area contributed by atoms with E-state index in [-0.39, 0.29) is 5.91 Å². The number of hydrogen-bond donors (Lipinski definition) is 2. The van der Waals surface area contributed by atoms with Crippen molar-refractivity contribution in [1.29, 1.82) is 0 Å². The van der Waals surface area contributed by atoms with Gasteiger partial charge in [0, 0.05) is 43.3 Å². The van der Waals surface area contributed by atoms with Crippen molar-refractivity contribution >= 4 is 22.5 Å². The van der Waals surface area contributed by atoms with E-state index in [1.54, 1.807) is 0 Å². The normalized spacial score (nSPS) is 10.9. The van der Waals surface area contributed by atoms with Gasteiger partial charge in [-0.25, -0.2) is 9.37 Å². The van der Waals surface area contributed by atoms with Gasteiger partial charge in [0.05, 0.1) is 6.33 Å². The summed E-state index contributed by atoms with van der Waals surface area (Å²) in [6.07, 6.45) is 8.74. The molecule has 3 aromatic rings. The molecule has 0 spiro atoms. The second kappa shape index (κ2) is 18.1. The Kier molecular flexibility index (Phi) is 14.7. The Balaban J connectivity index is 0.000000926. The third kappa shape index (κ3) is 10.3. The van der Waals surface area contributed by atoms with Gasteiger partial charge in [-0.1, -0.05) is 64.1 Å². The van der Waals surface area contributed by atoms with Crippen LogP contribution in [0.5, 0.6) is 0 Å². The van der Waals surface area contributed by atoms with Gasteiger partial charge in [0.1, 0.15) is 5.82 Å². The molecule has 0 atom stereocenters. The number of amides is 1. The average Bonchev–Trinajstić information content (AvgIpc) is 2.95. The van der Waals surface area contributed by atoms with Crippen molar-refractivity contribution in [3.8, 4) is 0 Å². The predicted octanol–water partition coefficient (Wildman–Crippen LogP) is 7.21. The summed E-state index contributed by atoms with van der Waals surface area (Å²) >= 11 is 0. The maximum absolute atomic E-state index is 12.8. The Morgan fingerprint density at radius 1 is 0.974 bits per heavy atom. The SMILES string of the molecule is CC/C=C/F.CCCN(CCC)c1nccc2ccc(C(=O)NCCCNCc3cccc(CC)c3)cc12. The number of nitrogens with zero attached hydrogens (tertiary/aromatic N) is 2. The fourth-order valence-electron chi connectivity index (χ4n) is 4.21. The number of hydrogen-bond acceptors (Lipinski definition) is 4. The second-order valence-corrected chi connectivity index (χ2v) is 9.29. The number of aryl methyl sites for hydroxylation is 1.